The summed E-state index contributed by atoms with van der Waals surface area (Å²) >= 11 is 6.94. The number of likely N-dealkylation sites (N-methyl/N-ethyl adjacent to an activating group) is 1. The number of nitrogens with zero attached hydrogens (tertiary/aromatic N) is 2. The fourth-order valence-electron chi connectivity index (χ4n) is 1.58. The standard InChI is InChI=1S/C13H12ClN3O2S/c1-15-13-17(2)12(19)10(20-13)7-11(18)16-9-5-3-8(14)4-6-9/h3-7H,1-2H3,(H,16,18)/b10-7-,15-13?. The molecule has 1 aromatic carbocycles. The molecule has 1 fully saturated rings. The predicted octanol–water partition coefficient (Wildman–Crippen LogP) is 2.35. The molecule has 7 heteroatoms. The van der Waals surface area contributed by atoms with Crippen LogP contribution in [0, 0.1) is 0 Å². The number of amides is 2. The van der Waals surface area contributed by atoms with Crippen LogP contribution in [0.25, 0.3) is 0 Å². The molecular weight excluding hydrogens is 298 g/mol. The van der Waals surface area contributed by atoms with E-state index in [0.29, 0.717) is 20.8 Å². The normalized spacial score (nSPS) is 18.9. The van der Waals surface area contributed by atoms with Crippen LogP contribution in [-0.4, -0.2) is 36.0 Å². The Morgan fingerprint density at radius 3 is 2.60 bits per heavy atom. The first-order valence-electron chi connectivity index (χ1n) is 5.72. The lowest BCUT2D eigenvalue weighted by molar-refractivity contribution is -0.121. The lowest BCUT2D eigenvalue weighted by atomic mass is 10.3. The lowest BCUT2D eigenvalue weighted by Crippen LogP contribution is -2.24. The third kappa shape index (κ3) is 3.20. The molecule has 1 N–H and O–H groups in total. The molecule has 5 nitrogen and oxygen atoms in total. The SMILES string of the molecule is CN=C1S/C(=C\C(=O)Nc2ccc(Cl)cc2)C(=O)N1C. The fraction of sp³-hybridized carbons (Fsp3) is 0.154. The summed E-state index contributed by atoms with van der Waals surface area (Å²) in [5, 5.41) is 3.83. The smallest absolute Gasteiger partial charge is 0.266 e. The van der Waals surface area contributed by atoms with E-state index in [4.69, 9.17) is 11.6 Å². The quantitative estimate of drug-likeness (QED) is 0.853. The van der Waals surface area contributed by atoms with Gasteiger partial charge in [-0.3, -0.25) is 19.5 Å². The first kappa shape index (κ1) is 14.6. The zero-order valence-electron chi connectivity index (χ0n) is 10.9. The Morgan fingerprint density at radius 2 is 2.05 bits per heavy atom. The van der Waals surface area contributed by atoms with Gasteiger partial charge >= 0.3 is 0 Å². The van der Waals surface area contributed by atoms with Gasteiger partial charge in [0.1, 0.15) is 0 Å². The molecule has 1 aromatic rings. The number of aliphatic imine (C=N–C) groups is 1. The van der Waals surface area contributed by atoms with Crippen LogP contribution in [0.4, 0.5) is 5.69 Å². The van der Waals surface area contributed by atoms with E-state index < -0.39 is 0 Å². The summed E-state index contributed by atoms with van der Waals surface area (Å²) in [6.45, 7) is 0. The second-order valence-corrected chi connectivity index (χ2v) is 5.42. The minimum absolute atomic E-state index is 0.234. The molecule has 2 rings (SSSR count). The lowest BCUT2D eigenvalue weighted by Gasteiger charge is -2.05. The summed E-state index contributed by atoms with van der Waals surface area (Å²) in [5.41, 5.74) is 0.615. The third-order valence-corrected chi connectivity index (χ3v) is 3.97. The van der Waals surface area contributed by atoms with Crippen molar-refractivity contribution < 1.29 is 9.59 Å². The van der Waals surface area contributed by atoms with E-state index in [2.05, 4.69) is 10.3 Å². The molecule has 1 saturated heterocycles. The molecule has 0 saturated carbocycles. The van der Waals surface area contributed by atoms with Crippen LogP contribution < -0.4 is 5.32 Å². The first-order chi connectivity index (χ1) is 9.51. The Balaban J connectivity index is 2.09. The van der Waals surface area contributed by atoms with Gasteiger partial charge in [0.05, 0.1) is 4.91 Å². The number of carbonyl (C=O) groups excluding carboxylic acids is 2. The van der Waals surface area contributed by atoms with Crippen LogP contribution >= 0.6 is 23.4 Å². The number of hydrogen-bond acceptors (Lipinski definition) is 4. The number of thioether (sulfide) groups is 1. The van der Waals surface area contributed by atoms with E-state index in [1.165, 1.54) is 22.7 Å². The summed E-state index contributed by atoms with van der Waals surface area (Å²) < 4.78 is 0. The van der Waals surface area contributed by atoms with Crippen molar-refractivity contribution in [3.8, 4) is 0 Å². The van der Waals surface area contributed by atoms with Crippen LogP contribution in [0.2, 0.25) is 5.02 Å². The van der Waals surface area contributed by atoms with Gasteiger partial charge in [-0.15, -0.1) is 0 Å². The Bertz CT molecular complexity index is 611. The third-order valence-electron chi connectivity index (χ3n) is 2.57. The number of rotatable bonds is 2. The number of carbonyl (C=O) groups is 2. The number of hydrogen-bond donors (Lipinski definition) is 1. The largest absolute Gasteiger partial charge is 0.322 e. The van der Waals surface area contributed by atoms with Gasteiger partial charge in [-0.1, -0.05) is 11.6 Å². The molecule has 0 bridgehead atoms. The summed E-state index contributed by atoms with van der Waals surface area (Å²) in [5.74, 6) is -0.601. The topological polar surface area (TPSA) is 61.8 Å². The minimum atomic E-state index is -0.367. The molecule has 0 unspecified atom stereocenters. The van der Waals surface area contributed by atoms with E-state index in [9.17, 15) is 9.59 Å². The zero-order valence-corrected chi connectivity index (χ0v) is 12.5. The van der Waals surface area contributed by atoms with E-state index in [1.807, 2.05) is 0 Å². The maximum atomic E-state index is 11.9. The van der Waals surface area contributed by atoms with Crippen LogP contribution in [-0.2, 0) is 9.59 Å². The Labute approximate surface area is 125 Å². The van der Waals surface area contributed by atoms with Crippen molar-refractivity contribution in [2.24, 2.45) is 4.99 Å². The van der Waals surface area contributed by atoms with Crippen molar-refractivity contribution in [1.29, 1.82) is 0 Å². The van der Waals surface area contributed by atoms with Crippen molar-refractivity contribution in [3.05, 3.63) is 40.3 Å². The van der Waals surface area contributed by atoms with Gasteiger partial charge in [-0.05, 0) is 36.0 Å². The molecule has 1 aliphatic rings. The van der Waals surface area contributed by atoms with Crippen LogP contribution in [0.15, 0.2) is 40.2 Å². The van der Waals surface area contributed by atoms with Crippen LogP contribution in [0.3, 0.4) is 0 Å². The number of halogens is 1. The van der Waals surface area contributed by atoms with E-state index in [0.717, 1.165) is 0 Å². The van der Waals surface area contributed by atoms with Crippen molar-refractivity contribution in [2.45, 2.75) is 0 Å². The molecule has 104 valence electrons. The second-order valence-electron chi connectivity index (χ2n) is 3.98. The van der Waals surface area contributed by atoms with Crippen LogP contribution in [0.1, 0.15) is 0 Å². The molecule has 20 heavy (non-hydrogen) atoms. The van der Waals surface area contributed by atoms with Crippen LogP contribution in [0.5, 0.6) is 0 Å². The molecule has 2 amide bonds. The van der Waals surface area contributed by atoms with Gasteiger partial charge in [0.25, 0.3) is 5.91 Å². The summed E-state index contributed by atoms with van der Waals surface area (Å²) in [6.07, 6.45) is 1.27. The molecular formula is C13H12ClN3O2S. The molecule has 0 aliphatic carbocycles. The van der Waals surface area contributed by atoms with E-state index in [1.54, 1.807) is 38.4 Å². The van der Waals surface area contributed by atoms with Gasteiger partial charge in [-0.25, -0.2) is 0 Å². The van der Waals surface area contributed by atoms with Crippen molar-refractivity contribution in [1.82, 2.24) is 4.90 Å². The summed E-state index contributed by atoms with van der Waals surface area (Å²) in [4.78, 5) is 29.4. The highest BCUT2D eigenvalue weighted by atomic mass is 35.5. The van der Waals surface area contributed by atoms with E-state index >= 15 is 0 Å². The number of benzene rings is 1. The average Bonchev–Trinajstić information content (AvgIpc) is 2.69. The minimum Gasteiger partial charge on any atom is -0.322 e. The maximum Gasteiger partial charge on any atom is 0.266 e. The highest BCUT2D eigenvalue weighted by molar-refractivity contribution is 8.18. The maximum absolute atomic E-state index is 11.9. The first-order valence-corrected chi connectivity index (χ1v) is 6.91. The number of nitrogens with one attached hydrogen (secondary N) is 1. The van der Waals surface area contributed by atoms with Crippen molar-refractivity contribution in [2.75, 3.05) is 19.4 Å². The average molecular weight is 310 g/mol. The summed E-state index contributed by atoms with van der Waals surface area (Å²) in [7, 11) is 3.22. The fourth-order valence-corrected chi connectivity index (χ4v) is 2.60. The second kappa shape index (κ2) is 6.11. The van der Waals surface area contributed by atoms with Gasteiger partial charge in [0.2, 0.25) is 5.91 Å². The Hall–Kier alpha value is -1.79. The number of anilines is 1. The summed E-state index contributed by atoms with van der Waals surface area (Å²) in [6, 6.07) is 6.73. The van der Waals surface area contributed by atoms with Gasteiger partial charge in [-0.2, -0.15) is 0 Å². The van der Waals surface area contributed by atoms with Gasteiger partial charge in [0, 0.05) is 30.9 Å². The molecule has 0 radical (unpaired) electrons. The van der Waals surface area contributed by atoms with Gasteiger partial charge in [0.15, 0.2) is 5.17 Å². The van der Waals surface area contributed by atoms with Gasteiger partial charge < -0.3 is 5.32 Å². The zero-order chi connectivity index (χ0) is 14.7. The molecule has 1 heterocycles. The van der Waals surface area contributed by atoms with Crippen molar-refractivity contribution >= 4 is 46.0 Å². The molecule has 0 aromatic heterocycles. The molecule has 0 atom stereocenters. The molecule has 1 aliphatic heterocycles. The van der Waals surface area contributed by atoms with Crippen molar-refractivity contribution in [3.63, 3.8) is 0 Å². The molecule has 0 spiro atoms. The highest BCUT2D eigenvalue weighted by Crippen LogP contribution is 2.29. The van der Waals surface area contributed by atoms with E-state index in [-0.39, 0.29) is 11.8 Å². The predicted molar refractivity (Wildman–Crippen MR) is 81.9 cm³/mol. The monoisotopic (exact) mass is 309 g/mol. The Morgan fingerprint density at radius 1 is 1.40 bits per heavy atom. The Kier molecular flexibility index (Phi) is 4.46. The number of amidine groups is 1. The highest BCUT2D eigenvalue weighted by Gasteiger charge is 2.30.